The molecule has 5 heteroatoms. The van der Waals surface area contributed by atoms with E-state index in [0.29, 0.717) is 19.4 Å². The highest BCUT2D eigenvalue weighted by Gasteiger charge is 2.35. The van der Waals surface area contributed by atoms with E-state index in [9.17, 15) is 9.59 Å². The van der Waals surface area contributed by atoms with Gasteiger partial charge in [-0.2, -0.15) is 0 Å². The molecule has 0 aliphatic carbocycles. The van der Waals surface area contributed by atoms with Crippen molar-refractivity contribution in [2.24, 2.45) is 5.92 Å². The number of likely N-dealkylation sites (tertiary alicyclic amines) is 1. The van der Waals surface area contributed by atoms with Crippen molar-refractivity contribution in [1.82, 2.24) is 10.2 Å². The maximum absolute atomic E-state index is 11.6. The molecular formula is C10H18N2O3. The van der Waals surface area contributed by atoms with Gasteiger partial charge in [0, 0.05) is 32.5 Å². The third-order valence-electron chi connectivity index (χ3n) is 2.81. The molecule has 5 nitrogen and oxygen atoms in total. The molecule has 0 aromatic heterocycles. The van der Waals surface area contributed by atoms with Gasteiger partial charge in [-0.3, -0.25) is 9.59 Å². The normalized spacial score (nSPS) is 23.0. The highest BCUT2D eigenvalue weighted by atomic mass is 16.3. The average Bonchev–Trinajstić information content (AvgIpc) is 2.61. The topological polar surface area (TPSA) is 69.6 Å². The Balaban J connectivity index is 2.69. The van der Waals surface area contributed by atoms with Crippen LogP contribution in [-0.2, 0) is 9.59 Å². The lowest BCUT2D eigenvalue weighted by Gasteiger charge is -2.25. The monoisotopic (exact) mass is 214 g/mol. The molecule has 86 valence electrons. The Morgan fingerprint density at radius 2 is 2.40 bits per heavy atom. The second-order valence-corrected chi connectivity index (χ2v) is 3.84. The number of carbonyl (C=O) groups excluding carboxylic acids is 2. The van der Waals surface area contributed by atoms with Gasteiger partial charge in [-0.1, -0.05) is 6.92 Å². The first kappa shape index (κ1) is 12.0. The number of carbonyl (C=O) groups is 2. The summed E-state index contributed by atoms with van der Waals surface area (Å²) in [5.74, 6) is -0.190. The Morgan fingerprint density at radius 1 is 1.73 bits per heavy atom. The van der Waals surface area contributed by atoms with E-state index in [-0.39, 0.29) is 30.4 Å². The van der Waals surface area contributed by atoms with Crippen LogP contribution in [0, 0.1) is 5.92 Å². The Morgan fingerprint density at radius 3 is 2.80 bits per heavy atom. The lowest BCUT2D eigenvalue weighted by Crippen LogP contribution is -2.46. The van der Waals surface area contributed by atoms with Crippen molar-refractivity contribution in [1.29, 1.82) is 0 Å². The fourth-order valence-corrected chi connectivity index (χ4v) is 1.95. The molecule has 1 aliphatic heterocycles. The van der Waals surface area contributed by atoms with Crippen molar-refractivity contribution in [3.8, 4) is 0 Å². The van der Waals surface area contributed by atoms with Crippen molar-refractivity contribution < 1.29 is 14.7 Å². The van der Waals surface area contributed by atoms with Crippen molar-refractivity contribution >= 4 is 11.8 Å². The molecule has 15 heavy (non-hydrogen) atoms. The van der Waals surface area contributed by atoms with E-state index in [1.54, 1.807) is 11.9 Å². The molecule has 1 heterocycles. The summed E-state index contributed by atoms with van der Waals surface area (Å²) in [4.78, 5) is 24.7. The van der Waals surface area contributed by atoms with E-state index in [4.69, 9.17) is 5.11 Å². The van der Waals surface area contributed by atoms with Crippen LogP contribution in [0.5, 0.6) is 0 Å². The Kier molecular flexibility index (Phi) is 4.08. The minimum atomic E-state index is -0.390. The summed E-state index contributed by atoms with van der Waals surface area (Å²) in [7, 11) is 1.56. The first-order valence-electron chi connectivity index (χ1n) is 5.25. The number of amides is 2. The summed E-state index contributed by atoms with van der Waals surface area (Å²) >= 11 is 0. The van der Waals surface area contributed by atoms with Gasteiger partial charge in [0.2, 0.25) is 11.8 Å². The number of hydrogen-bond acceptors (Lipinski definition) is 3. The van der Waals surface area contributed by atoms with Crippen molar-refractivity contribution in [3.05, 3.63) is 0 Å². The van der Waals surface area contributed by atoms with Crippen LogP contribution < -0.4 is 5.32 Å². The van der Waals surface area contributed by atoms with Crippen LogP contribution in [0.1, 0.15) is 19.8 Å². The summed E-state index contributed by atoms with van der Waals surface area (Å²) < 4.78 is 0. The molecule has 2 unspecified atom stereocenters. The zero-order valence-corrected chi connectivity index (χ0v) is 9.19. The highest BCUT2D eigenvalue weighted by Crippen LogP contribution is 2.21. The third-order valence-corrected chi connectivity index (χ3v) is 2.81. The minimum Gasteiger partial charge on any atom is -0.396 e. The molecule has 2 amide bonds. The first-order valence-corrected chi connectivity index (χ1v) is 5.25. The lowest BCUT2D eigenvalue weighted by molar-refractivity contribution is -0.137. The summed E-state index contributed by atoms with van der Waals surface area (Å²) in [6.07, 6.45) is 0.952. The van der Waals surface area contributed by atoms with E-state index < -0.39 is 0 Å². The molecule has 0 spiro atoms. The molecule has 1 saturated heterocycles. The predicted molar refractivity (Wildman–Crippen MR) is 55.1 cm³/mol. The number of likely N-dealkylation sites (N-methyl/N-ethyl adjacent to an activating group) is 1. The maximum atomic E-state index is 11.6. The van der Waals surface area contributed by atoms with Gasteiger partial charge in [0.15, 0.2) is 0 Å². The summed E-state index contributed by atoms with van der Waals surface area (Å²) in [6.45, 7) is 2.37. The molecule has 2 atom stereocenters. The van der Waals surface area contributed by atoms with Crippen LogP contribution in [0.15, 0.2) is 0 Å². The molecule has 0 radical (unpaired) electrons. The number of nitrogens with zero attached hydrogens (tertiary/aromatic N) is 1. The zero-order chi connectivity index (χ0) is 11.4. The van der Waals surface area contributed by atoms with Crippen LogP contribution in [0.25, 0.3) is 0 Å². The van der Waals surface area contributed by atoms with Gasteiger partial charge in [-0.15, -0.1) is 0 Å². The minimum absolute atomic E-state index is 0.00637. The maximum Gasteiger partial charge on any atom is 0.242 e. The molecule has 0 aromatic carbocycles. The molecule has 1 fully saturated rings. The molecule has 0 bridgehead atoms. The van der Waals surface area contributed by atoms with Gasteiger partial charge < -0.3 is 15.3 Å². The summed E-state index contributed by atoms with van der Waals surface area (Å²) in [6, 6.07) is -0.390. The number of nitrogens with one attached hydrogen (secondary N) is 1. The Hall–Kier alpha value is -1.10. The Bertz CT molecular complexity index is 255. The van der Waals surface area contributed by atoms with E-state index in [0.717, 1.165) is 0 Å². The number of aliphatic hydroxyl groups is 1. The molecule has 1 aliphatic rings. The molecular weight excluding hydrogens is 196 g/mol. The Labute approximate surface area is 89.4 Å². The van der Waals surface area contributed by atoms with Gasteiger partial charge in [-0.25, -0.2) is 0 Å². The average molecular weight is 214 g/mol. The van der Waals surface area contributed by atoms with Crippen molar-refractivity contribution in [2.75, 3.05) is 20.2 Å². The van der Waals surface area contributed by atoms with Gasteiger partial charge in [0.1, 0.15) is 6.04 Å². The molecule has 0 aromatic rings. The summed E-state index contributed by atoms with van der Waals surface area (Å²) in [5, 5.41) is 11.5. The second-order valence-electron chi connectivity index (χ2n) is 3.84. The van der Waals surface area contributed by atoms with Gasteiger partial charge in [-0.05, 0) is 6.42 Å². The number of rotatable bonds is 4. The fraction of sp³-hybridized carbons (Fsp3) is 0.800. The zero-order valence-electron chi connectivity index (χ0n) is 9.19. The fourth-order valence-electron chi connectivity index (χ4n) is 1.95. The molecule has 2 N–H and O–H groups in total. The quantitative estimate of drug-likeness (QED) is 0.653. The second kappa shape index (κ2) is 5.11. The van der Waals surface area contributed by atoms with Gasteiger partial charge in [0.05, 0.1) is 0 Å². The van der Waals surface area contributed by atoms with E-state index in [1.807, 2.05) is 6.92 Å². The number of hydrogen-bond donors (Lipinski definition) is 2. The van der Waals surface area contributed by atoms with Crippen LogP contribution in [0.2, 0.25) is 0 Å². The van der Waals surface area contributed by atoms with Gasteiger partial charge >= 0.3 is 0 Å². The smallest absolute Gasteiger partial charge is 0.242 e. The lowest BCUT2D eigenvalue weighted by atomic mass is 10.1. The van der Waals surface area contributed by atoms with Crippen LogP contribution in [0.3, 0.4) is 0 Å². The van der Waals surface area contributed by atoms with Crippen LogP contribution in [-0.4, -0.2) is 48.1 Å². The standard InChI is InChI=1S/C10H18N2O3/c1-3-8(10(15)11-2)12-5-7(6-13)4-9(12)14/h7-8,13H,3-6H2,1-2H3,(H,11,15). The molecule has 1 rings (SSSR count). The van der Waals surface area contributed by atoms with E-state index in [2.05, 4.69) is 5.32 Å². The van der Waals surface area contributed by atoms with Crippen LogP contribution >= 0.6 is 0 Å². The van der Waals surface area contributed by atoms with E-state index in [1.165, 1.54) is 0 Å². The predicted octanol–water partition coefficient (Wildman–Crippen LogP) is -0.648. The third kappa shape index (κ3) is 2.47. The SMILES string of the molecule is CCC(C(=O)NC)N1CC(CO)CC1=O. The van der Waals surface area contributed by atoms with Crippen molar-refractivity contribution in [3.63, 3.8) is 0 Å². The van der Waals surface area contributed by atoms with Crippen LogP contribution in [0.4, 0.5) is 0 Å². The van der Waals surface area contributed by atoms with Gasteiger partial charge in [0.25, 0.3) is 0 Å². The highest BCUT2D eigenvalue weighted by molar-refractivity contribution is 5.88. The molecule has 0 saturated carbocycles. The van der Waals surface area contributed by atoms with E-state index >= 15 is 0 Å². The van der Waals surface area contributed by atoms with Crippen molar-refractivity contribution in [2.45, 2.75) is 25.8 Å². The largest absolute Gasteiger partial charge is 0.396 e. The number of aliphatic hydroxyl groups excluding tert-OH is 1. The summed E-state index contributed by atoms with van der Waals surface area (Å²) in [5.41, 5.74) is 0. The first-order chi connectivity index (χ1) is 7.13.